The van der Waals surface area contributed by atoms with Gasteiger partial charge in [-0.3, -0.25) is 9.89 Å². The van der Waals surface area contributed by atoms with Crippen LogP contribution in [-0.4, -0.2) is 39.7 Å². The minimum Gasteiger partial charge on any atom is -0.371 e. The number of pyridine rings is 1. The van der Waals surface area contributed by atoms with Crippen LogP contribution in [0.3, 0.4) is 0 Å². The third kappa shape index (κ3) is 3.28. The van der Waals surface area contributed by atoms with E-state index in [9.17, 15) is 9.18 Å². The second-order valence-corrected chi connectivity index (χ2v) is 4.06. The molecule has 2 aromatic heterocycles. The number of nitrogens with zero attached hydrogens (tertiary/aromatic N) is 3. The number of carbonyl (C=O) groups is 1. The summed E-state index contributed by atoms with van der Waals surface area (Å²) < 4.78 is 13.8. The van der Waals surface area contributed by atoms with Gasteiger partial charge in [0.1, 0.15) is 12.2 Å². The number of halogens is 1. The van der Waals surface area contributed by atoms with Crippen molar-refractivity contribution in [1.29, 1.82) is 0 Å². The number of H-pyrrole nitrogens is 1. The Morgan fingerprint density at radius 3 is 3.00 bits per heavy atom. The summed E-state index contributed by atoms with van der Waals surface area (Å²) in [5, 5.41) is 11.7. The van der Waals surface area contributed by atoms with Crippen LogP contribution >= 0.6 is 0 Å². The van der Waals surface area contributed by atoms with Crippen LogP contribution in [0, 0.1) is 5.82 Å². The van der Waals surface area contributed by atoms with E-state index in [0.29, 0.717) is 19.4 Å². The maximum Gasteiger partial charge on any atom is 0.254 e. The van der Waals surface area contributed by atoms with Crippen molar-refractivity contribution in [3.63, 3.8) is 0 Å². The average Bonchev–Trinajstić information content (AvgIpc) is 2.97. The van der Waals surface area contributed by atoms with Crippen LogP contribution in [0.1, 0.15) is 22.6 Å². The standard InChI is InChI=1S/C12H15FN6O/c1-14-11-10(13)8(4-6-15-11)12(20)16-5-2-3-9-17-7-18-19-9/h4,6-7H,2-3,5H2,1H3,(H,14,15)(H,16,20)(H,17,18,19). The molecule has 0 saturated carbocycles. The van der Waals surface area contributed by atoms with Gasteiger partial charge >= 0.3 is 0 Å². The molecule has 0 aliphatic heterocycles. The van der Waals surface area contributed by atoms with Gasteiger partial charge in [-0.15, -0.1) is 0 Å². The molecule has 0 spiro atoms. The van der Waals surface area contributed by atoms with Crippen LogP contribution in [-0.2, 0) is 6.42 Å². The van der Waals surface area contributed by atoms with Crippen molar-refractivity contribution in [1.82, 2.24) is 25.5 Å². The molecule has 0 atom stereocenters. The lowest BCUT2D eigenvalue weighted by molar-refractivity contribution is 0.0949. The Morgan fingerprint density at radius 2 is 2.30 bits per heavy atom. The summed E-state index contributed by atoms with van der Waals surface area (Å²) in [6.07, 6.45) is 4.17. The van der Waals surface area contributed by atoms with Gasteiger partial charge in [0.15, 0.2) is 11.6 Å². The Hall–Kier alpha value is -2.51. The number of aromatic nitrogens is 4. The molecule has 0 aromatic carbocycles. The molecule has 3 N–H and O–H groups in total. The number of carbonyl (C=O) groups excluding carboxylic acids is 1. The largest absolute Gasteiger partial charge is 0.371 e. The quantitative estimate of drug-likeness (QED) is 0.677. The van der Waals surface area contributed by atoms with E-state index >= 15 is 0 Å². The van der Waals surface area contributed by atoms with Crippen LogP contribution in [0.2, 0.25) is 0 Å². The first-order chi connectivity index (χ1) is 9.72. The van der Waals surface area contributed by atoms with E-state index in [2.05, 4.69) is 30.8 Å². The first-order valence-electron chi connectivity index (χ1n) is 6.17. The highest BCUT2D eigenvalue weighted by atomic mass is 19.1. The maximum absolute atomic E-state index is 13.8. The van der Waals surface area contributed by atoms with E-state index in [1.54, 1.807) is 7.05 Å². The SMILES string of the molecule is CNc1nccc(C(=O)NCCCc2ncn[nH]2)c1F. The van der Waals surface area contributed by atoms with Crippen molar-refractivity contribution in [3.8, 4) is 0 Å². The lowest BCUT2D eigenvalue weighted by Gasteiger charge is -2.07. The monoisotopic (exact) mass is 278 g/mol. The van der Waals surface area contributed by atoms with Gasteiger partial charge < -0.3 is 10.6 Å². The molecule has 0 fully saturated rings. The smallest absolute Gasteiger partial charge is 0.254 e. The zero-order chi connectivity index (χ0) is 14.4. The molecule has 0 saturated heterocycles. The number of nitrogens with one attached hydrogen (secondary N) is 3. The summed E-state index contributed by atoms with van der Waals surface area (Å²) in [6, 6.07) is 1.35. The Balaban J connectivity index is 1.86. The van der Waals surface area contributed by atoms with Crippen LogP contribution in [0.15, 0.2) is 18.6 Å². The van der Waals surface area contributed by atoms with Crippen molar-refractivity contribution < 1.29 is 9.18 Å². The Bertz CT molecular complexity index is 571. The number of aromatic amines is 1. The van der Waals surface area contributed by atoms with Crippen molar-refractivity contribution in [2.75, 3.05) is 18.9 Å². The van der Waals surface area contributed by atoms with E-state index in [1.807, 2.05) is 0 Å². The second-order valence-electron chi connectivity index (χ2n) is 4.06. The van der Waals surface area contributed by atoms with Crippen LogP contribution in [0.25, 0.3) is 0 Å². The van der Waals surface area contributed by atoms with Crippen LogP contribution < -0.4 is 10.6 Å². The van der Waals surface area contributed by atoms with Gasteiger partial charge in [-0.2, -0.15) is 5.10 Å². The molecule has 0 aliphatic carbocycles. The van der Waals surface area contributed by atoms with E-state index in [1.165, 1.54) is 18.6 Å². The number of aryl methyl sites for hydroxylation is 1. The second kappa shape index (κ2) is 6.60. The molecule has 1 amide bonds. The van der Waals surface area contributed by atoms with E-state index in [0.717, 1.165) is 5.82 Å². The Kier molecular flexibility index (Phi) is 4.59. The molecule has 8 heteroatoms. The zero-order valence-electron chi connectivity index (χ0n) is 11.0. The van der Waals surface area contributed by atoms with Crippen molar-refractivity contribution >= 4 is 11.7 Å². The van der Waals surface area contributed by atoms with Gasteiger partial charge in [-0.1, -0.05) is 0 Å². The van der Waals surface area contributed by atoms with Gasteiger partial charge in [-0.05, 0) is 12.5 Å². The van der Waals surface area contributed by atoms with Crippen LogP contribution in [0.5, 0.6) is 0 Å². The molecule has 7 nitrogen and oxygen atoms in total. The average molecular weight is 278 g/mol. The molecule has 2 rings (SSSR count). The minimum absolute atomic E-state index is 0.0241. The molecule has 0 radical (unpaired) electrons. The van der Waals surface area contributed by atoms with E-state index in [-0.39, 0.29) is 11.4 Å². The molecule has 2 heterocycles. The van der Waals surface area contributed by atoms with Crippen molar-refractivity contribution in [2.24, 2.45) is 0 Å². The number of anilines is 1. The molecule has 0 bridgehead atoms. The Morgan fingerprint density at radius 1 is 1.45 bits per heavy atom. The van der Waals surface area contributed by atoms with Gasteiger partial charge in [0.25, 0.3) is 5.91 Å². The fourth-order valence-corrected chi connectivity index (χ4v) is 1.70. The third-order valence-corrected chi connectivity index (χ3v) is 2.71. The predicted octanol–water partition coefficient (Wildman–Crippen LogP) is 0.743. The lowest BCUT2D eigenvalue weighted by Crippen LogP contribution is -2.26. The predicted molar refractivity (Wildman–Crippen MR) is 70.8 cm³/mol. The summed E-state index contributed by atoms with van der Waals surface area (Å²) >= 11 is 0. The molecular formula is C12H15FN6O. The summed E-state index contributed by atoms with van der Waals surface area (Å²) in [7, 11) is 1.55. The van der Waals surface area contributed by atoms with E-state index in [4.69, 9.17) is 0 Å². The fraction of sp³-hybridized carbons (Fsp3) is 0.333. The van der Waals surface area contributed by atoms with Gasteiger partial charge in [0, 0.05) is 26.2 Å². The summed E-state index contributed by atoms with van der Waals surface area (Å²) in [5.74, 6) is -0.298. The molecule has 20 heavy (non-hydrogen) atoms. The Labute approximate surface area is 115 Å². The lowest BCUT2D eigenvalue weighted by atomic mass is 10.2. The highest BCUT2D eigenvalue weighted by Crippen LogP contribution is 2.14. The van der Waals surface area contributed by atoms with Gasteiger partial charge in [0.05, 0.1) is 5.56 Å². The zero-order valence-corrected chi connectivity index (χ0v) is 11.0. The summed E-state index contributed by atoms with van der Waals surface area (Å²) in [4.78, 5) is 19.6. The molecular weight excluding hydrogens is 263 g/mol. The first-order valence-corrected chi connectivity index (χ1v) is 6.17. The molecule has 2 aromatic rings. The molecule has 106 valence electrons. The number of hydrogen-bond donors (Lipinski definition) is 3. The minimum atomic E-state index is -0.650. The first kappa shape index (κ1) is 13.9. The fourth-order valence-electron chi connectivity index (χ4n) is 1.70. The topological polar surface area (TPSA) is 95.6 Å². The normalized spacial score (nSPS) is 10.3. The van der Waals surface area contributed by atoms with E-state index < -0.39 is 11.7 Å². The number of hydrogen-bond acceptors (Lipinski definition) is 5. The molecule has 0 aliphatic rings. The molecule has 0 unspecified atom stereocenters. The van der Waals surface area contributed by atoms with Gasteiger partial charge in [-0.25, -0.2) is 14.4 Å². The maximum atomic E-state index is 13.8. The van der Waals surface area contributed by atoms with Gasteiger partial charge in [0.2, 0.25) is 0 Å². The summed E-state index contributed by atoms with van der Waals surface area (Å²) in [6.45, 7) is 0.427. The third-order valence-electron chi connectivity index (χ3n) is 2.71. The number of rotatable bonds is 6. The van der Waals surface area contributed by atoms with Crippen molar-refractivity contribution in [3.05, 3.63) is 35.8 Å². The van der Waals surface area contributed by atoms with Crippen LogP contribution in [0.4, 0.5) is 10.2 Å². The highest BCUT2D eigenvalue weighted by Gasteiger charge is 2.14. The summed E-state index contributed by atoms with van der Waals surface area (Å²) in [5.41, 5.74) is -0.0241. The van der Waals surface area contributed by atoms with Crippen molar-refractivity contribution in [2.45, 2.75) is 12.8 Å². The number of amides is 1. The highest BCUT2D eigenvalue weighted by molar-refractivity contribution is 5.95.